The molecule has 2 aromatic carbocycles. The number of likely N-dealkylation sites (tertiary alicyclic amines) is 1. The zero-order valence-electron chi connectivity index (χ0n) is 33.7. The Morgan fingerprint density at radius 3 is 1.57 bits per heavy atom. The third kappa shape index (κ3) is 7.67. The number of esters is 2. The highest BCUT2D eigenvalue weighted by Gasteiger charge is 2.56. The highest BCUT2D eigenvalue weighted by molar-refractivity contribution is 6.15. The molecule has 7 aliphatic rings. The van der Waals surface area contributed by atoms with Crippen LogP contribution in [0.15, 0.2) is 47.5 Å². The van der Waals surface area contributed by atoms with Crippen molar-refractivity contribution in [2.75, 3.05) is 27.3 Å². The average molecular weight is 764 g/mol. The van der Waals surface area contributed by atoms with E-state index in [9.17, 15) is 19.2 Å². The molecular weight excluding hydrogens is 707 g/mol. The van der Waals surface area contributed by atoms with Crippen LogP contribution in [0.3, 0.4) is 0 Å². The zero-order valence-corrected chi connectivity index (χ0v) is 33.7. The lowest BCUT2D eigenvalue weighted by Crippen LogP contribution is -2.51. The van der Waals surface area contributed by atoms with Crippen molar-refractivity contribution in [1.29, 1.82) is 0 Å². The Morgan fingerprint density at radius 2 is 1.12 bits per heavy atom. The van der Waals surface area contributed by atoms with Gasteiger partial charge in [0.1, 0.15) is 0 Å². The molecule has 298 valence electrons. The average Bonchev–Trinajstić information content (AvgIpc) is 3.42. The first-order chi connectivity index (χ1) is 26.8. The van der Waals surface area contributed by atoms with Gasteiger partial charge in [0.25, 0.3) is 0 Å². The topological polar surface area (TPSA) is 108 Å². The molecule has 56 heavy (non-hydrogen) atoms. The summed E-state index contributed by atoms with van der Waals surface area (Å²) in [6, 6.07) is 10.6. The summed E-state index contributed by atoms with van der Waals surface area (Å²) < 4.78 is 23.5. The quantitative estimate of drug-likeness (QED) is 0.149. The van der Waals surface area contributed by atoms with Crippen molar-refractivity contribution in [3.05, 3.63) is 58.7 Å². The van der Waals surface area contributed by atoms with E-state index in [1.807, 2.05) is 12.1 Å². The second-order valence-corrected chi connectivity index (χ2v) is 18.7. The van der Waals surface area contributed by atoms with Crippen molar-refractivity contribution < 1.29 is 38.1 Å². The third-order valence-electron chi connectivity index (χ3n) is 14.1. The first-order valence-electron chi connectivity index (χ1n) is 20.8. The number of carbonyl (C=O) groups excluding carboxylic acids is 4. The van der Waals surface area contributed by atoms with Crippen LogP contribution in [0.4, 0.5) is 0 Å². The molecule has 1 saturated heterocycles. The van der Waals surface area contributed by atoms with E-state index >= 15 is 0 Å². The van der Waals surface area contributed by atoms with E-state index in [0.717, 1.165) is 32.1 Å². The molecule has 0 aromatic heterocycles. The molecule has 0 spiro atoms. The third-order valence-corrected chi connectivity index (χ3v) is 14.1. The Hall–Kier alpha value is -4.40. The molecule has 0 N–H and O–H groups in total. The molecule has 9 heteroatoms. The summed E-state index contributed by atoms with van der Waals surface area (Å²) >= 11 is 0. The van der Waals surface area contributed by atoms with Crippen molar-refractivity contribution in [2.24, 2.45) is 46.3 Å². The summed E-state index contributed by atoms with van der Waals surface area (Å²) in [5.74, 6) is 4.51. The van der Waals surface area contributed by atoms with Crippen molar-refractivity contribution in [3.63, 3.8) is 0 Å². The Morgan fingerprint density at radius 1 is 0.661 bits per heavy atom. The highest BCUT2D eigenvalue weighted by atomic mass is 16.6. The fourth-order valence-corrected chi connectivity index (χ4v) is 12.0. The van der Waals surface area contributed by atoms with E-state index in [1.54, 1.807) is 48.4 Å². The summed E-state index contributed by atoms with van der Waals surface area (Å²) in [6.07, 6.45) is 16.4. The molecule has 1 aliphatic heterocycles. The first kappa shape index (κ1) is 38.5. The van der Waals surface area contributed by atoms with Gasteiger partial charge in [0, 0.05) is 31.2 Å². The minimum absolute atomic E-state index is 0.149. The highest BCUT2D eigenvalue weighted by Crippen LogP contribution is 2.60. The lowest BCUT2D eigenvalue weighted by atomic mass is 9.49. The van der Waals surface area contributed by atoms with Crippen LogP contribution in [0, 0.1) is 46.3 Å². The van der Waals surface area contributed by atoms with E-state index in [2.05, 4.69) is 13.8 Å². The fraction of sp³-hybridized carbons (Fsp3) is 0.574. The maximum absolute atomic E-state index is 14.0. The van der Waals surface area contributed by atoms with Crippen molar-refractivity contribution in [3.8, 4) is 23.0 Å². The second-order valence-electron chi connectivity index (χ2n) is 18.7. The van der Waals surface area contributed by atoms with Gasteiger partial charge in [-0.15, -0.1) is 0 Å². The predicted octanol–water partition coefficient (Wildman–Crippen LogP) is 8.87. The molecule has 9 nitrogen and oxygen atoms in total. The van der Waals surface area contributed by atoms with Crippen LogP contribution in [-0.2, 0) is 19.2 Å². The van der Waals surface area contributed by atoms with Crippen molar-refractivity contribution >= 4 is 35.8 Å². The zero-order chi connectivity index (χ0) is 39.4. The molecule has 6 saturated carbocycles. The fourth-order valence-electron chi connectivity index (χ4n) is 12.0. The number of benzene rings is 2. The van der Waals surface area contributed by atoms with Crippen LogP contribution < -0.4 is 18.9 Å². The predicted molar refractivity (Wildman–Crippen MR) is 213 cm³/mol. The van der Waals surface area contributed by atoms with Crippen LogP contribution in [0.5, 0.6) is 23.0 Å². The van der Waals surface area contributed by atoms with Gasteiger partial charge in [-0.25, -0.2) is 0 Å². The normalized spacial score (nSPS) is 33.6. The van der Waals surface area contributed by atoms with Crippen LogP contribution in [0.25, 0.3) is 12.2 Å². The maximum Gasteiger partial charge on any atom is 0.317 e. The van der Waals surface area contributed by atoms with E-state index in [1.165, 1.54) is 59.0 Å². The lowest BCUT2D eigenvalue weighted by Gasteiger charge is -2.55. The number of amides is 1. The number of ketones is 1. The van der Waals surface area contributed by atoms with E-state index < -0.39 is 10.8 Å². The van der Waals surface area contributed by atoms with E-state index in [-0.39, 0.29) is 36.7 Å². The summed E-state index contributed by atoms with van der Waals surface area (Å²) in [7, 11) is 3.08. The standard InChI is InChI=1S/C47H57NO8/c1-28-12-32-6-7-33(13-28)22-46(3,21-32)44(51)55-39-10-8-30(19-41(39)53-4)17-37-26-48(29(2)49)27-38(43(37)50)18-31-9-11-40(42(20-31)54-5)56-45(52)47-23-34-14-35(24-47)16-36(15-34)25-47/h8-11,17-20,28,32-36H,6-7,12-16,21-27H2,1-5H3. The van der Waals surface area contributed by atoms with E-state index in [4.69, 9.17) is 18.9 Å². The van der Waals surface area contributed by atoms with Gasteiger partial charge >= 0.3 is 11.9 Å². The molecule has 1 amide bonds. The molecule has 7 fully saturated rings. The summed E-state index contributed by atoms with van der Waals surface area (Å²) in [5, 5.41) is 0. The van der Waals surface area contributed by atoms with E-state index in [0.29, 0.717) is 80.8 Å². The van der Waals surface area contributed by atoms with Gasteiger partial charge < -0.3 is 23.8 Å². The number of methoxy groups -OCH3 is 2. The molecule has 2 unspecified atom stereocenters. The second kappa shape index (κ2) is 15.2. The molecule has 6 aliphatic carbocycles. The first-order valence-corrected chi connectivity index (χ1v) is 20.8. The van der Waals surface area contributed by atoms with Gasteiger partial charge in [0.05, 0.1) is 25.0 Å². The number of hydrogen-bond donors (Lipinski definition) is 0. The number of carbonyl (C=O) groups is 4. The summed E-state index contributed by atoms with van der Waals surface area (Å²) in [4.78, 5) is 55.8. The lowest BCUT2D eigenvalue weighted by molar-refractivity contribution is -0.161. The monoisotopic (exact) mass is 763 g/mol. The Kier molecular flexibility index (Phi) is 10.4. The maximum atomic E-state index is 14.0. The molecule has 0 radical (unpaired) electrons. The van der Waals surface area contributed by atoms with Gasteiger partial charge in [0.15, 0.2) is 28.8 Å². The largest absolute Gasteiger partial charge is 0.493 e. The van der Waals surface area contributed by atoms with Crippen LogP contribution >= 0.6 is 0 Å². The number of nitrogens with zero attached hydrogens (tertiary/aromatic N) is 1. The number of ether oxygens (including phenoxy) is 4. The van der Waals surface area contributed by atoms with Crippen molar-refractivity contribution in [1.82, 2.24) is 4.90 Å². The van der Waals surface area contributed by atoms with Gasteiger partial charge in [-0.1, -0.05) is 31.9 Å². The minimum atomic E-state index is -0.548. The van der Waals surface area contributed by atoms with Gasteiger partial charge in [-0.3, -0.25) is 19.2 Å². The van der Waals surface area contributed by atoms with Gasteiger partial charge in [-0.2, -0.15) is 0 Å². The molecule has 6 bridgehead atoms. The number of rotatable bonds is 8. The van der Waals surface area contributed by atoms with Gasteiger partial charge in [0.2, 0.25) is 5.91 Å². The SMILES string of the molecule is COc1cc(C=C2CN(C(C)=O)CC(=Cc3ccc(OC(=O)C45CC6CC(CC(C6)C4)C5)c(OC)c3)C2=O)ccc1OC(=O)C1(C)CC2CCC(CC(C)C2)C1. The number of hydrogen-bond acceptors (Lipinski definition) is 8. The molecule has 2 aromatic rings. The Balaban J connectivity index is 0.994. The van der Waals surface area contributed by atoms with Crippen LogP contribution in [0.2, 0.25) is 0 Å². The molecular formula is C47H57NO8. The number of fused-ring (bicyclic) bond motifs is 3. The van der Waals surface area contributed by atoms with Crippen molar-refractivity contribution in [2.45, 2.75) is 97.8 Å². The summed E-state index contributed by atoms with van der Waals surface area (Å²) in [5.41, 5.74) is 1.33. The molecule has 1 heterocycles. The summed E-state index contributed by atoms with van der Waals surface area (Å²) in [6.45, 7) is 6.21. The smallest absolute Gasteiger partial charge is 0.317 e. The van der Waals surface area contributed by atoms with Crippen LogP contribution in [-0.4, -0.2) is 55.8 Å². The Bertz CT molecular complexity index is 1920. The minimum Gasteiger partial charge on any atom is -0.493 e. The Labute approximate surface area is 331 Å². The number of piperidine rings is 1. The molecule has 2 atom stereocenters. The van der Waals surface area contributed by atoms with Crippen LogP contribution in [0.1, 0.15) is 109 Å². The molecule has 9 rings (SSSR count). The van der Waals surface area contributed by atoms with Gasteiger partial charge in [-0.05, 0) is 154 Å². The number of Topliss-reactive ketones (excluding diaryl/α,β-unsaturated/α-hetero) is 1.